The molecule has 0 spiro atoms. The quantitative estimate of drug-likeness (QED) is 0.393. The van der Waals surface area contributed by atoms with Gasteiger partial charge in [-0.25, -0.2) is 4.79 Å². The molecule has 3 atom stereocenters. The lowest BCUT2D eigenvalue weighted by Crippen LogP contribution is -2.61. The van der Waals surface area contributed by atoms with Crippen molar-refractivity contribution in [2.45, 2.75) is 83.9 Å². The summed E-state index contributed by atoms with van der Waals surface area (Å²) in [5, 5.41) is 31.7. The first kappa shape index (κ1) is 34.6. The number of amides is 3. The highest BCUT2D eigenvalue weighted by molar-refractivity contribution is 6.01. The van der Waals surface area contributed by atoms with E-state index < -0.39 is 35.7 Å². The molecule has 3 amide bonds. The minimum absolute atomic E-state index is 0.0275. The summed E-state index contributed by atoms with van der Waals surface area (Å²) in [5.74, 6) is 0.195. The summed E-state index contributed by atoms with van der Waals surface area (Å²) >= 11 is 0. The van der Waals surface area contributed by atoms with Gasteiger partial charge in [-0.15, -0.1) is 0 Å². The molecule has 11 nitrogen and oxygen atoms in total. The van der Waals surface area contributed by atoms with E-state index in [0.29, 0.717) is 30.1 Å². The Morgan fingerprint density at radius 2 is 1.70 bits per heavy atom. The maximum Gasteiger partial charge on any atom is 0.407 e. The number of hydrogen-bond acceptors (Lipinski definition) is 6. The number of carbonyl (C=O) groups is 3. The fraction of sp³-hybridized carbons (Fsp3) is 0.611. The SMILES string of the molecule is CC(CC1CCCCC1)C(=O)N1CCC(O)(Cn2cc(C(=O)N3CCN(C(=O)O)CC3CO)c(-c3ccccc3)cc2=O)C(C)(C)C1. The topological polar surface area (TPSA) is 144 Å². The zero-order chi connectivity index (χ0) is 33.9. The van der Waals surface area contributed by atoms with Crippen LogP contribution in [0.1, 0.15) is 76.1 Å². The molecule has 0 bridgehead atoms. The van der Waals surface area contributed by atoms with Crippen LogP contribution in [0.5, 0.6) is 0 Å². The Morgan fingerprint density at radius 1 is 1.00 bits per heavy atom. The number of carbonyl (C=O) groups excluding carboxylic acids is 2. The number of rotatable bonds is 8. The third-order valence-corrected chi connectivity index (χ3v) is 10.9. The van der Waals surface area contributed by atoms with Gasteiger partial charge in [0.05, 0.1) is 30.4 Å². The molecule has 1 saturated carbocycles. The van der Waals surface area contributed by atoms with Gasteiger partial charge in [0.25, 0.3) is 11.5 Å². The number of aliphatic hydroxyl groups is 2. The summed E-state index contributed by atoms with van der Waals surface area (Å²) in [6.07, 6.45) is 7.66. The Hall–Kier alpha value is -3.70. The largest absolute Gasteiger partial charge is 0.465 e. The maximum atomic E-state index is 14.2. The summed E-state index contributed by atoms with van der Waals surface area (Å²) in [5.41, 5.74) is -1.15. The summed E-state index contributed by atoms with van der Waals surface area (Å²) in [6.45, 7) is 6.25. The van der Waals surface area contributed by atoms with E-state index in [0.717, 1.165) is 6.42 Å². The molecular formula is C36H50N4O7. The molecule has 3 aliphatic rings. The van der Waals surface area contributed by atoms with Crippen molar-refractivity contribution < 1.29 is 29.7 Å². The summed E-state index contributed by atoms with van der Waals surface area (Å²) in [6, 6.07) is 9.74. The molecule has 256 valence electrons. The zero-order valence-corrected chi connectivity index (χ0v) is 27.9. The average molecular weight is 651 g/mol. The number of piperazine rings is 1. The van der Waals surface area contributed by atoms with Crippen LogP contribution in [0.4, 0.5) is 4.79 Å². The van der Waals surface area contributed by atoms with E-state index in [2.05, 4.69) is 0 Å². The summed E-state index contributed by atoms with van der Waals surface area (Å²) in [4.78, 5) is 57.4. The molecule has 1 aromatic carbocycles. The number of likely N-dealkylation sites (tertiary alicyclic amines) is 1. The van der Waals surface area contributed by atoms with Gasteiger partial charge in [0.15, 0.2) is 0 Å². The lowest BCUT2D eigenvalue weighted by molar-refractivity contribution is -0.157. The summed E-state index contributed by atoms with van der Waals surface area (Å²) < 4.78 is 1.38. The van der Waals surface area contributed by atoms with E-state index in [1.165, 1.54) is 58.7 Å². The van der Waals surface area contributed by atoms with Crippen molar-refractivity contribution in [1.82, 2.24) is 19.3 Å². The van der Waals surface area contributed by atoms with Gasteiger partial charge >= 0.3 is 6.09 Å². The highest BCUT2D eigenvalue weighted by Crippen LogP contribution is 2.41. The average Bonchev–Trinajstić information content (AvgIpc) is 3.06. The summed E-state index contributed by atoms with van der Waals surface area (Å²) in [7, 11) is 0. The number of nitrogens with zero attached hydrogens (tertiary/aromatic N) is 4. The van der Waals surface area contributed by atoms with Gasteiger partial charge in [0.1, 0.15) is 0 Å². The van der Waals surface area contributed by atoms with Crippen LogP contribution in [0.15, 0.2) is 47.4 Å². The zero-order valence-electron chi connectivity index (χ0n) is 27.9. The third-order valence-electron chi connectivity index (χ3n) is 10.9. The van der Waals surface area contributed by atoms with Gasteiger partial charge in [-0.2, -0.15) is 0 Å². The minimum Gasteiger partial charge on any atom is -0.465 e. The van der Waals surface area contributed by atoms with Crippen molar-refractivity contribution in [3.63, 3.8) is 0 Å². The van der Waals surface area contributed by atoms with Crippen LogP contribution in [0.3, 0.4) is 0 Å². The number of piperidine rings is 1. The first-order valence-electron chi connectivity index (χ1n) is 17.0. The van der Waals surface area contributed by atoms with E-state index >= 15 is 0 Å². The van der Waals surface area contributed by atoms with Gasteiger partial charge in [-0.05, 0) is 24.3 Å². The van der Waals surface area contributed by atoms with Gasteiger partial charge in [0.2, 0.25) is 5.91 Å². The molecule has 2 aliphatic heterocycles. The van der Waals surface area contributed by atoms with Crippen molar-refractivity contribution in [1.29, 1.82) is 0 Å². The Bertz CT molecular complexity index is 1500. The van der Waals surface area contributed by atoms with Gasteiger partial charge in [0, 0.05) is 61.9 Å². The van der Waals surface area contributed by atoms with Crippen LogP contribution in [0, 0.1) is 17.3 Å². The monoisotopic (exact) mass is 650 g/mol. The van der Waals surface area contributed by atoms with Crippen LogP contribution in [-0.2, 0) is 11.3 Å². The van der Waals surface area contributed by atoms with Gasteiger partial charge < -0.3 is 34.6 Å². The van der Waals surface area contributed by atoms with Crippen molar-refractivity contribution in [2.75, 3.05) is 39.3 Å². The lowest BCUT2D eigenvalue weighted by Gasteiger charge is -2.51. The number of aliphatic hydroxyl groups excluding tert-OH is 1. The normalized spacial score (nSPS) is 24.2. The number of pyridine rings is 1. The molecule has 0 radical (unpaired) electrons. The van der Waals surface area contributed by atoms with E-state index in [4.69, 9.17) is 0 Å². The van der Waals surface area contributed by atoms with E-state index in [-0.39, 0.29) is 55.5 Å². The lowest BCUT2D eigenvalue weighted by atomic mass is 9.69. The van der Waals surface area contributed by atoms with Crippen molar-refractivity contribution in [2.24, 2.45) is 17.3 Å². The van der Waals surface area contributed by atoms with E-state index in [9.17, 15) is 34.5 Å². The predicted octanol–water partition coefficient (Wildman–Crippen LogP) is 3.91. The molecule has 1 aliphatic carbocycles. The van der Waals surface area contributed by atoms with Crippen LogP contribution in [-0.4, -0.2) is 103 Å². The first-order valence-corrected chi connectivity index (χ1v) is 17.0. The second-order valence-corrected chi connectivity index (χ2v) is 14.6. The molecule has 3 N–H and O–H groups in total. The second-order valence-electron chi connectivity index (χ2n) is 14.6. The Balaban J connectivity index is 1.40. The maximum absolute atomic E-state index is 14.2. The molecule has 3 fully saturated rings. The predicted molar refractivity (Wildman–Crippen MR) is 178 cm³/mol. The van der Waals surface area contributed by atoms with Crippen LogP contribution >= 0.6 is 0 Å². The molecule has 2 saturated heterocycles. The Morgan fingerprint density at radius 3 is 2.34 bits per heavy atom. The number of benzene rings is 1. The number of aromatic nitrogens is 1. The minimum atomic E-state index is -1.34. The molecule has 1 aromatic heterocycles. The van der Waals surface area contributed by atoms with Crippen molar-refractivity contribution in [3.05, 3.63) is 58.5 Å². The van der Waals surface area contributed by atoms with E-state index in [1.807, 2.05) is 43.9 Å². The molecule has 11 heteroatoms. The fourth-order valence-corrected chi connectivity index (χ4v) is 7.79. The number of hydrogen-bond donors (Lipinski definition) is 3. The molecule has 47 heavy (non-hydrogen) atoms. The van der Waals surface area contributed by atoms with E-state index in [1.54, 1.807) is 12.1 Å². The molecule has 3 unspecified atom stereocenters. The molecule has 3 heterocycles. The molecule has 5 rings (SSSR count). The van der Waals surface area contributed by atoms with Gasteiger partial charge in [-0.3, -0.25) is 14.4 Å². The molecular weight excluding hydrogens is 600 g/mol. The smallest absolute Gasteiger partial charge is 0.407 e. The Kier molecular flexibility index (Phi) is 10.5. The van der Waals surface area contributed by atoms with Crippen molar-refractivity contribution in [3.8, 4) is 11.1 Å². The molecule has 2 aromatic rings. The fourth-order valence-electron chi connectivity index (χ4n) is 7.79. The third kappa shape index (κ3) is 7.41. The first-order chi connectivity index (χ1) is 22.3. The number of carboxylic acid groups (broad SMARTS) is 1. The highest BCUT2D eigenvalue weighted by Gasteiger charge is 2.49. The van der Waals surface area contributed by atoms with Crippen LogP contribution in [0.25, 0.3) is 11.1 Å². The Labute approximate surface area is 276 Å². The highest BCUT2D eigenvalue weighted by atomic mass is 16.4. The standard InChI is InChI=1S/C36H50N4O7/c1-25(18-26-10-6-4-7-11-26)32(43)38-15-14-36(47,35(2,3)23-38)24-39-21-30(29(19-31(39)42)27-12-8-5-9-13-27)33(44)40-17-16-37(34(45)46)20-28(40)22-41/h5,8-9,12-13,19,21,25-26,28,41,47H,4,6-7,10-11,14-18,20,22-24H2,1-3H3,(H,45,46). The van der Waals surface area contributed by atoms with Crippen LogP contribution in [0.2, 0.25) is 0 Å². The second kappa shape index (κ2) is 14.2. The van der Waals surface area contributed by atoms with Crippen molar-refractivity contribution >= 4 is 17.9 Å². The van der Waals surface area contributed by atoms with Crippen LogP contribution < -0.4 is 5.56 Å². The van der Waals surface area contributed by atoms with Gasteiger partial charge in [-0.1, -0.05) is 83.2 Å².